The van der Waals surface area contributed by atoms with Gasteiger partial charge >= 0.3 is 5.97 Å². The number of carboxylic acids is 1. The smallest absolute Gasteiger partial charge is 0.308 e. The van der Waals surface area contributed by atoms with E-state index in [-0.39, 0.29) is 0 Å². The van der Waals surface area contributed by atoms with Gasteiger partial charge in [-0.15, -0.1) is 0 Å². The molecule has 0 saturated carbocycles. The number of hydrogen-bond donors (Lipinski definition) is 1. The standard InChI is InChI=1S/C18H18N4O3/c1-11-4-6-12(7-5-11)14-15-16(25-21-14)17(20-10-19-15)22-8-2-3-13(9-22)18(23)24/h4-7,10,13H,2-3,8-9H2,1H3,(H,23,24)/t13-/m1/s1. The maximum absolute atomic E-state index is 11.3. The third-order valence-electron chi connectivity index (χ3n) is 4.63. The van der Waals surface area contributed by atoms with E-state index in [1.54, 1.807) is 0 Å². The van der Waals surface area contributed by atoms with Crippen molar-refractivity contribution in [2.75, 3.05) is 18.0 Å². The lowest BCUT2D eigenvalue weighted by molar-refractivity contribution is -0.141. The summed E-state index contributed by atoms with van der Waals surface area (Å²) in [6, 6.07) is 7.99. The van der Waals surface area contributed by atoms with Crippen LogP contribution in [0.15, 0.2) is 35.1 Å². The SMILES string of the molecule is Cc1ccc(-c2noc3c(N4CCC[C@@H](C(=O)O)C4)ncnc23)cc1. The van der Waals surface area contributed by atoms with Crippen LogP contribution in [0.1, 0.15) is 18.4 Å². The van der Waals surface area contributed by atoms with Gasteiger partial charge in [0, 0.05) is 18.7 Å². The molecule has 7 nitrogen and oxygen atoms in total. The third kappa shape index (κ3) is 2.82. The number of carbonyl (C=O) groups is 1. The van der Waals surface area contributed by atoms with Crippen molar-refractivity contribution in [2.45, 2.75) is 19.8 Å². The molecule has 3 heterocycles. The molecule has 1 aliphatic rings. The molecule has 0 radical (unpaired) electrons. The highest BCUT2D eigenvalue weighted by atomic mass is 16.5. The minimum atomic E-state index is -0.770. The Morgan fingerprint density at radius 1 is 1.28 bits per heavy atom. The van der Waals surface area contributed by atoms with Gasteiger partial charge in [0.05, 0.1) is 5.92 Å². The maximum atomic E-state index is 11.3. The van der Waals surface area contributed by atoms with Crippen LogP contribution in [0.25, 0.3) is 22.4 Å². The van der Waals surface area contributed by atoms with Crippen LogP contribution < -0.4 is 4.90 Å². The number of nitrogens with zero attached hydrogens (tertiary/aromatic N) is 4. The van der Waals surface area contributed by atoms with Gasteiger partial charge in [-0.3, -0.25) is 4.79 Å². The Hall–Kier alpha value is -2.96. The van der Waals surface area contributed by atoms with Crippen LogP contribution in [0.2, 0.25) is 0 Å². The molecule has 0 amide bonds. The number of aromatic nitrogens is 3. The van der Waals surface area contributed by atoms with Gasteiger partial charge in [-0.25, -0.2) is 9.97 Å². The minimum absolute atomic E-state index is 0.391. The average Bonchev–Trinajstić information content (AvgIpc) is 3.06. The highest BCUT2D eigenvalue weighted by Gasteiger charge is 2.28. The van der Waals surface area contributed by atoms with Crippen molar-refractivity contribution >= 4 is 22.9 Å². The Morgan fingerprint density at radius 3 is 2.84 bits per heavy atom. The first-order valence-electron chi connectivity index (χ1n) is 8.28. The van der Waals surface area contributed by atoms with Gasteiger partial charge < -0.3 is 14.5 Å². The average molecular weight is 338 g/mol. The van der Waals surface area contributed by atoms with E-state index in [0.717, 1.165) is 18.5 Å². The summed E-state index contributed by atoms with van der Waals surface area (Å²) in [5, 5.41) is 13.5. The normalized spacial score (nSPS) is 17.8. The topological polar surface area (TPSA) is 92.4 Å². The molecule has 128 valence electrons. The number of benzene rings is 1. The van der Waals surface area contributed by atoms with Crippen molar-refractivity contribution < 1.29 is 14.4 Å². The third-order valence-corrected chi connectivity index (χ3v) is 4.63. The number of piperidine rings is 1. The van der Waals surface area contributed by atoms with Crippen LogP contribution in [-0.4, -0.2) is 39.3 Å². The molecule has 7 heteroatoms. The van der Waals surface area contributed by atoms with E-state index in [4.69, 9.17) is 4.52 Å². The fourth-order valence-electron chi connectivity index (χ4n) is 3.25. The zero-order chi connectivity index (χ0) is 17.4. The lowest BCUT2D eigenvalue weighted by Crippen LogP contribution is -2.39. The summed E-state index contributed by atoms with van der Waals surface area (Å²) in [6.45, 7) is 3.19. The lowest BCUT2D eigenvalue weighted by atomic mass is 9.98. The van der Waals surface area contributed by atoms with Crippen molar-refractivity contribution in [3.05, 3.63) is 36.2 Å². The number of aryl methyl sites for hydroxylation is 1. The molecule has 0 unspecified atom stereocenters. The van der Waals surface area contributed by atoms with E-state index < -0.39 is 11.9 Å². The highest BCUT2D eigenvalue weighted by Crippen LogP contribution is 2.32. The number of anilines is 1. The summed E-state index contributed by atoms with van der Waals surface area (Å²) < 4.78 is 5.55. The summed E-state index contributed by atoms with van der Waals surface area (Å²) >= 11 is 0. The second-order valence-corrected chi connectivity index (χ2v) is 6.40. The molecule has 3 aromatic rings. The molecule has 2 aromatic heterocycles. The predicted molar refractivity (Wildman–Crippen MR) is 92.3 cm³/mol. The molecule has 25 heavy (non-hydrogen) atoms. The first-order chi connectivity index (χ1) is 12.1. The fourth-order valence-corrected chi connectivity index (χ4v) is 3.25. The van der Waals surface area contributed by atoms with Gasteiger partial charge in [-0.2, -0.15) is 0 Å². The summed E-state index contributed by atoms with van der Waals surface area (Å²) in [4.78, 5) is 21.9. The molecule has 1 saturated heterocycles. The summed E-state index contributed by atoms with van der Waals surface area (Å²) in [5.74, 6) is -0.548. The second-order valence-electron chi connectivity index (χ2n) is 6.40. The number of aliphatic carboxylic acids is 1. The van der Waals surface area contributed by atoms with Crippen LogP contribution >= 0.6 is 0 Å². The first kappa shape index (κ1) is 15.6. The van der Waals surface area contributed by atoms with Gasteiger partial charge in [-0.1, -0.05) is 35.0 Å². The van der Waals surface area contributed by atoms with E-state index in [0.29, 0.717) is 35.6 Å². The minimum Gasteiger partial charge on any atom is -0.481 e. The predicted octanol–water partition coefficient (Wildman–Crippen LogP) is 2.89. The molecule has 0 bridgehead atoms. The molecule has 1 fully saturated rings. The monoisotopic (exact) mass is 338 g/mol. The largest absolute Gasteiger partial charge is 0.481 e. The summed E-state index contributed by atoms with van der Waals surface area (Å²) in [7, 11) is 0. The van der Waals surface area contributed by atoms with Crippen molar-refractivity contribution in [1.29, 1.82) is 0 Å². The highest BCUT2D eigenvalue weighted by molar-refractivity contribution is 5.93. The number of hydrogen-bond acceptors (Lipinski definition) is 6. The van der Waals surface area contributed by atoms with Crippen LogP contribution in [0, 0.1) is 12.8 Å². The molecule has 1 atom stereocenters. The zero-order valence-electron chi connectivity index (χ0n) is 13.8. The van der Waals surface area contributed by atoms with Crippen LogP contribution in [-0.2, 0) is 4.79 Å². The Kier molecular flexibility index (Phi) is 3.83. The summed E-state index contributed by atoms with van der Waals surface area (Å²) in [6.07, 6.45) is 2.98. The fraction of sp³-hybridized carbons (Fsp3) is 0.333. The number of rotatable bonds is 3. The zero-order valence-corrected chi connectivity index (χ0v) is 13.8. The molecule has 1 aliphatic heterocycles. The van der Waals surface area contributed by atoms with Gasteiger partial charge in [0.1, 0.15) is 17.5 Å². The van der Waals surface area contributed by atoms with E-state index in [9.17, 15) is 9.90 Å². The Labute approximate surface area is 144 Å². The van der Waals surface area contributed by atoms with Crippen LogP contribution in [0.3, 0.4) is 0 Å². The van der Waals surface area contributed by atoms with E-state index in [1.807, 2.05) is 36.1 Å². The van der Waals surface area contributed by atoms with E-state index >= 15 is 0 Å². The maximum Gasteiger partial charge on any atom is 0.308 e. The molecule has 0 spiro atoms. The van der Waals surface area contributed by atoms with Crippen LogP contribution in [0.4, 0.5) is 5.82 Å². The molecule has 4 rings (SSSR count). The van der Waals surface area contributed by atoms with Crippen molar-refractivity contribution in [3.63, 3.8) is 0 Å². The molecule has 1 aromatic carbocycles. The number of fused-ring (bicyclic) bond motifs is 1. The molecular weight excluding hydrogens is 320 g/mol. The molecular formula is C18H18N4O3. The summed E-state index contributed by atoms with van der Waals surface area (Å²) in [5.41, 5.74) is 3.91. The van der Waals surface area contributed by atoms with E-state index in [2.05, 4.69) is 15.1 Å². The Bertz CT molecular complexity index is 920. The van der Waals surface area contributed by atoms with Gasteiger partial charge in [0.2, 0.25) is 5.58 Å². The van der Waals surface area contributed by atoms with Gasteiger partial charge in [-0.05, 0) is 19.8 Å². The Morgan fingerprint density at radius 2 is 2.08 bits per heavy atom. The molecule has 0 aliphatic carbocycles. The van der Waals surface area contributed by atoms with Crippen LogP contribution in [0.5, 0.6) is 0 Å². The molecule has 1 N–H and O–H groups in total. The number of carboxylic acid groups (broad SMARTS) is 1. The second kappa shape index (κ2) is 6.16. The van der Waals surface area contributed by atoms with Crippen molar-refractivity contribution in [2.24, 2.45) is 5.92 Å². The lowest BCUT2D eigenvalue weighted by Gasteiger charge is -2.31. The van der Waals surface area contributed by atoms with Gasteiger partial charge in [0.15, 0.2) is 5.82 Å². The van der Waals surface area contributed by atoms with Gasteiger partial charge in [0.25, 0.3) is 0 Å². The first-order valence-corrected chi connectivity index (χ1v) is 8.28. The van der Waals surface area contributed by atoms with E-state index in [1.165, 1.54) is 11.9 Å². The Balaban J connectivity index is 1.74. The van der Waals surface area contributed by atoms with Crippen molar-refractivity contribution in [3.8, 4) is 11.3 Å². The van der Waals surface area contributed by atoms with Crippen molar-refractivity contribution in [1.82, 2.24) is 15.1 Å². The quantitative estimate of drug-likeness (QED) is 0.785.